The minimum absolute atomic E-state index is 0.726. The highest BCUT2D eigenvalue weighted by molar-refractivity contribution is 7.09. The second-order valence-corrected chi connectivity index (χ2v) is 28.1. The molecule has 83 heavy (non-hydrogen) atoms. The predicted molar refractivity (Wildman–Crippen MR) is 366 cm³/mol. The van der Waals surface area contributed by atoms with Gasteiger partial charge in [-0.1, -0.05) is 344 Å². The molecular formula is C78H118O4Si. The summed E-state index contributed by atoms with van der Waals surface area (Å²) >= 11 is 0. The molecule has 6 rings (SSSR count). The van der Waals surface area contributed by atoms with Crippen LogP contribution in [0.15, 0.2) is 109 Å². The smallest absolute Gasteiger partial charge is 0.287 e. The molecule has 0 aliphatic carbocycles. The van der Waals surface area contributed by atoms with E-state index >= 15 is 0 Å². The fourth-order valence-electron chi connectivity index (χ4n) is 12.9. The Hall–Kier alpha value is -4.32. The summed E-state index contributed by atoms with van der Waals surface area (Å²) in [5.41, 5.74) is 0. The second kappa shape index (κ2) is 42.5. The van der Waals surface area contributed by atoms with Gasteiger partial charge in [0.2, 0.25) is 0 Å². The Morgan fingerprint density at radius 3 is 0.675 bits per heavy atom. The highest BCUT2D eigenvalue weighted by Crippen LogP contribution is 2.29. The molecule has 0 fully saturated rings. The first kappa shape index (κ1) is 67.8. The second-order valence-electron chi connectivity index (χ2n) is 25.1. The lowest BCUT2D eigenvalue weighted by Crippen LogP contribution is -2.68. The van der Waals surface area contributed by atoms with E-state index in [1.165, 1.54) is 250 Å². The highest BCUT2D eigenvalue weighted by Gasteiger charge is 2.42. The average molecular weight is 1150 g/mol. The van der Waals surface area contributed by atoms with Crippen LogP contribution in [-0.2, 0) is 0 Å². The van der Waals surface area contributed by atoms with Crippen molar-refractivity contribution < 1.29 is 19.0 Å². The number of rotatable bonds is 51. The van der Waals surface area contributed by atoms with Crippen LogP contribution in [0.1, 0.15) is 290 Å². The van der Waals surface area contributed by atoms with Crippen molar-refractivity contribution in [1.29, 1.82) is 0 Å². The fraction of sp³-hybridized carbons (Fsp3) is 0.615. The molecule has 4 nitrogen and oxygen atoms in total. The Bertz CT molecular complexity index is 2320. The number of benzene rings is 6. The summed E-state index contributed by atoms with van der Waals surface area (Å²) in [6.07, 6.45) is 56.6. The maximum atomic E-state index is 14.2. The minimum Gasteiger partial charge on any atom is -0.494 e. The summed E-state index contributed by atoms with van der Waals surface area (Å²) in [6, 6.07) is 39.0. The Labute approximate surface area is 509 Å². The van der Waals surface area contributed by atoms with Gasteiger partial charge >= 0.3 is 0 Å². The average Bonchev–Trinajstić information content (AvgIpc) is 2.00. The normalized spacial score (nSPS) is 11.9. The van der Waals surface area contributed by atoms with Crippen LogP contribution < -0.4 is 29.8 Å². The number of hydrogen-bond donors (Lipinski definition) is 1. The lowest BCUT2D eigenvalue weighted by Gasteiger charge is -2.31. The largest absolute Gasteiger partial charge is 0.494 e. The Morgan fingerprint density at radius 1 is 0.253 bits per heavy atom. The van der Waals surface area contributed by atoms with E-state index in [0.29, 0.717) is 0 Å². The van der Waals surface area contributed by atoms with Crippen LogP contribution in [0.5, 0.6) is 17.2 Å². The van der Waals surface area contributed by atoms with Gasteiger partial charge in [0.1, 0.15) is 17.2 Å². The van der Waals surface area contributed by atoms with E-state index in [4.69, 9.17) is 14.2 Å². The van der Waals surface area contributed by atoms with Crippen LogP contribution in [0.3, 0.4) is 0 Å². The first-order chi connectivity index (χ1) is 41.1. The van der Waals surface area contributed by atoms with Gasteiger partial charge in [0, 0.05) is 0 Å². The molecule has 0 amide bonds. The summed E-state index contributed by atoms with van der Waals surface area (Å²) in [6.45, 7) is 9.07. The molecule has 0 aromatic heterocycles. The molecule has 0 saturated carbocycles. The molecule has 458 valence electrons. The molecule has 0 saturated heterocycles. The summed E-state index contributed by atoms with van der Waals surface area (Å²) < 4.78 is 19.3. The van der Waals surface area contributed by atoms with Crippen molar-refractivity contribution in [3.63, 3.8) is 0 Å². The van der Waals surface area contributed by atoms with Crippen LogP contribution in [0.25, 0.3) is 32.3 Å². The van der Waals surface area contributed by atoms with Crippen LogP contribution >= 0.6 is 0 Å². The topological polar surface area (TPSA) is 47.9 Å². The third kappa shape index (κ3) is 24.9. The van der Waals surface area contributed by atoms with Gasteiger partial charge in [-0.2, -0.15) is 0 Å². The number of unbranched alkanes of at least 4 members (excludes halogenated alkanes) is 39. The van der Waals surface area contributed by atoms with E-state index < -0.39 is 8.32 Å². The zero-order valence-electron chi connectivity index (χ0n) is 53.4. The molecule has 6 aromatic rings. The van der Waals surface area contributed by atoms with Crippen molar-refractivity contribution in [3.05, 3.63) is 109 Å². The van der Waals surface area contributed by atoms with Crippen molar-refractivity contribution >= 4 is 56.2 Å². The molecule has 0 heterocycles. The molecule has 5 heteroatoms. The fourth-order valence-corrected chi connectivity index (χ4v) is 16.6. The van der Waals surface area contributed by atoms with Crippen molar-refractivity contribution in [2.75, 3.05) is 19.8 Å². The molecular weight excluding hydrogens is 1030 g/mol. The molecule has 0 unspecified atom stereocenters. The molecule has 0 spiro atoms. The number of hydrogen-bond acceptors (Lipinski definition) is 4. The monoisotopic (exact) mass is 1150 g/mol. The van der Waals surface area contributed by atoms with Crippen LogP contribution in [0, 0.1) is 0 Å². The highest BCUT2D eigenvalue weighted by atomic mass is 28.4. The third-order valence-corrected chi connectivity index (χ3v) is 21.7. The van der Waals surface area contributed by atoms with Gasteiger partial charge in [-0.15, -0.1) is 0 Å². The molecule has 0 aliphatic heterocycles. The first-order valence-corrected chi connectivity index (χ1v) is 37.2. The van der Waals surface area contributed by atoms with E-state index in [1.807, 2.05) is 0 Å². The summed E-state index contributed by atoms with van der Waals surface area (Å²) in [5.74, 6) is 2.69. The maximum Gasteiger partial charge on any atom is 0.287 e. The summed E-state index contributed by atoms with van der Waals surface area (Å²) in [4.78, 5) is 14.2. The van der Waals surface area contributed by atoms with E-state index in [-0.39, 0.29) is 0 Å². The van der Waals surface area contributed by atoms with Gasteiger partial charge in [0.15, 0.2) is 0 Å². The molecule has 0 atom stereocenters. The quantitative estimate of drug-likeness (QED) is 0.0235. The summed E-state index contributed by atoms with van der Waals surface area (Å²) in [7, 11) is -3.74. The molecule has 0 aliphatic rings. The Kier molecular flexibility index (Phi) is 34.7. The minimum atomic E-state index is -3.74. The summed E-state index contributed by atoms with van der Waals surface area (Å²) in [5, 5.41) is 9.45. The van der Waals surface area contributed by atoms with Crippen LogP contribution in [0.4, 0.5) is 0 Å². The molecule has 1 N–H and O–H groups in total. The SMILES string of the molecule is CCCCCCCCCCCCCCCCOc1ccc2c([Si](O)(c3cccc4cc(OCCCCCCCCCCCCCCCC)ccc34)c3cccc4cc(OCCCCCCCCCCCCCCCC)ccc34)cccc2c1. The number of fused-ring (bicyclic) bond motifs is 3. The molecule has 0 radical (unpaired) electrons. The maximum absolute atomic E-state index is 14.2. The van der Waals surface area contributed by atoms with E-state index in [0.717, 1.165) is 104 Å². The van der Waals surface area contributed by atoms with Gasteiger partial charge in [0.05, 0.1) is 19.8 Å². The van der Waals surface area contributed by atoms with E-state index in [9.17, 15) is 4.80 Å². The van der Waals surface area contributed by atoms with Crippen molar-refractivity contribution in [1.82, 2.24) is 0 Å². The van der Waals surface area contributed by atoms with Gasteiger partial charge < -0.3 is 19.0 Å². The van der Waals surface area contributed by atoms with Gasteiger partial charge in [-0.05, 0) is 104 Å². The third-order valence-electron chi connectivity index (χ3n) is 18.0. The molecule has 0 bridgehead atoms. The zero-order valence-corrected chi connectivity index (χ0v) is 54.4. The Morgan fingerprint density at radius 2 is 0.458 bits per heavy atom. The van der Waals surface area contributed by atoms with Gasteiger partial charge in [-0.25, -0.2) is 0 Å². The van der Waals surface area contributed by atoms with Crippen molar-refractivity contribution in [2.45, 2.75) is 290 Å². The van der Waals surface area contributed by atoms with Crippen molar-refractivity contribution in [3.8, 4) is 17.2 Å². The van der Waals surface area contributed by atoms with Gasteiger partial charge in [-0.3, -0.25) is 0 Å². The van der Waals surface area contributed by atoms with Crippen LogP contribution in [-0.4, -0.2) is 32.9 Å². The lowest BCUT2D eigenvalue weighted by atomic mass is 10.0. The van der Waals surface area contributed by atoms with Crippen LogP contribution in [0.2, 0.25) is 0 Å². The first-order valence-electron chi connectivity index (χ1n) is 35.3. The predicted octanol–water partition coefficient (Wildman–Crippen LogP) is 22.7. The standard InChI is InChI=1S/C78H118O4Si/c1-4-7-10-13-16-19-22-25-28-31-34-37-40-43-61-80-70-55-58-73-67(64-70)49-46-52-76(73)83(79,77-53-47-50-68-65-71(56-59-74(68)77)81-62-44-41-38-35-32-29-26-23-20-17-14-11-8-5-2)78-54-48-51-69-66-72(57-60-75(69)78)82-63-45-42-39-36-33-30-27-24-21-18-15-12-9-6-3/h46-60,64-66,79H,4-45,61-63H2,1-3H3. The van der Waals surface area contributed by atoms with Crippen molar-refractivity contribution in [2.24, 2.45) is 0 Å². The molecule has 6 aromatic carbocycles. The van der Waals surface area contributed by atoms with E-state index in [1.54, 1.807) is 0 Å². The number of ether oxygens (including phenoxy) is 3. The van der Waals surface area contributed by atoms with Gasteiger partial charge in [0.25, 0.3) is 8.32 Å². The lowest BCUT2D eigenvalue weighted by molar-refractivity contribution is 0.304. The Balaban J connectivity index is 1.08. The van der Waals surface area contributed by atoms with E-state index in [2.05, 4.69) is 130 Å². The zero-order chi connectivity index (χ0) is 58.1.